The summed E-state index contributed by atoms with van der Waals surface area (Å²) in [6.45, 7) is 5.82. The Labute approximate surface area is 95.5 Å². The zero-order valence-corrected chi connectivity index (χ0v) is 10.2. The van der Waals surface area contributed by atoms with Gasteiger partial charge in [-0.15, -0.1) is 0 Å². The summed E-state index contributed by atoms with van der Waals surface area (Å²) in [7, 11) is 1.21. The molecule has 0 saturated heterocycles. The second kappa shape index (κ2) is 6.44. The fourth-order valence-electron chi connectivity index (χ4n) is 0.969. The van der Waals surface area contributed by atoms with Crippen LogP contribution >= 0.6 is 0 Å². The topological polar surface area (TPSA) is 90.6 Å². The van der Waals surface area contributed by atoms with Crippen LogP contribution < -0.4 is 11.1 Å². The van der Waals surface area contributed by atoms with Gasteiger partial charge in [-0.25, -0.2) is 9.59 Å². The standard InChI is InChI=1S/C10H20N2O4/c1-10(2,3)16-9(14)7(8(13)15-4)12-6-5-11/h7,12H,5-6,11H2,1-4H3. The first-order valence-corrected chi connectivity index (χ1v) is 5.06. The Bertz CT molecular complexity index is 248. The van der Waals surface area contributed by atoms with E-state index in [9.17, 15) is 9.59 Å². The van der Waals surface area contributed by atoms with E-state index in [1.807, 2.05) is 0 Å². The fraction of sp³-hybridized carbons (Fsp3) is 0.800. The first kappa shape index (κ1) is 14.9. The van der Waals surface area contributed by atoms with Crippen molar-refractivity contribution in [3.05, 3.63) is 0 Å². The van der Waals surface area contributed by atoms with Crippen LogP contribution in [0.3, 0.4) is 0 Å². The number of ether oxygens (including phenoxy) is 2. The zero-order valence-electron chi connectivity index (χ0n) is 10.2. The first-order valence-electron chi connectivity index (χ1n) is 5.06. The van der Waals surface area contributed by atoms with Crippen LogP contribution in [-0.2, 0) is 19.1 Å². The van der Waals surface area contributed by atoms with E-state index in [2.05, 4.69) is 10.1 Å². The Hall–Kier alpha value is -1.14. The van der Waals surface area contributed by atoms with E-state index in [4.69, 9.17) is 10.5 Å². The Morgan fingerprint density at radius 2 is 1.88 bits per heavy atom. The van der Waals surface area contributed by atoms with Crippen molar-refractivity contribution in [3.8, 4) is 0 Å². The van der Waals surface area contributed by atoms with Crippen molar-refractivity contribution in [1.29, 1.82) is 0 Å². The predicted molar refractivity (Wildman–Crippen MR) is 58.7 cm³/mol. The van der Waals surface area contributed by atoms with E-state index in [0.29, 0.717) is 13.1 Å². The quantitative estimate of drug-likeness (QED) is 0.487. The third kappa shape index (κ3) is 5.67. The van der Waals surface area contributed by atoms with Crippen LogP contribution in [0.25, 0.3) is 0 Å². The van der Waals surface area contributed by atoms with Crippen molar-refractivity contribution in [2.75, 3.05) is 20.2 Å². The molecule has 1 unspecified atom stereocenters. The van der Waals surface area contributed by atoms with Crippen molar-refractivity contribution >= 4 is 11.9 Å². The minimum atomic E-state index is -1.12. The molecule has 0 aromatic rings. The highest BCUT2D eigenvalue weighted by Gasteiger charge is 2.31. The van der Waals surface area contributed by atoms with E-state index in [1.165, 1.54) is 7.11 Å². The van der Waals surface area contributed by atoms with Crippen molar-refractivity contribution in [2.24, 2.45) is 5.73 Å². The highest BCUT2D eigenvalue weighted by Crippen LogP contribution is 2.08. The molecule has 16 heavy (non-hydrogen) atoms. The Morgan fingerprint density at radius 3 is 2.25 bits per heavy atom. The molecular formula is C10H20N2O4. The summed E-state index contributed by atoms with van der Waals surface area (Å²) in [6.07, 6.45) is 0. The van der Waals surface area contributed by atoms with Gasteiger partial charge in [0.25, 0.3) is 0 Å². The summed E-state index contributed by atoms with van der Waals surface area (Å²) >= 11 is 0. The van der Waals surface area contributed by atoms with Crippen LogP contribution in [0.1, 0.15) is 20.8 Å². The molecule has 1 atom stereocenters. The van der Waals surface area contributed by atoms with E-state index < -0.39 is 23.6 Å². The molecule has 0 aliphatic rings. The van der Waals surface area contributed by atoms with Gasteiger partial charge in [-0.1, -0.05) is 0 Å². The normalized spacial score (nSPS) is 13.1. The molecule has 94 valence electrons. The average molecular weight is 232 g/mol. The van der Waals surface area contributed by atoms with Gasteiger partial charge in [-0.3, -0.25) is 5.32 Å². The minimum absolute atomic E-state index is 0.316. The largest absolute Gasteiger partial charge is 0.467 e. The summed E-state index contributed by atoms with van der Waals surface area (Å²) in [6, 6.07) is -1.12. The number of nitrogens with two attached hydrogens (primary N) is 1. The van der Waals surface area contributed by atoms with Gasteiger partial charge in [-0.2, -0.15) is 0 Å². The van der Waals surface area contributed by atoms with Gasteiger partial charge in [0.05, 0.1) is 7.11 Å². The highest BCUT2D eigenvalue weighted by molar-refractivity contribution is 5.99. The van der Waals surface area contributed by atoms with E-state index in [-0.39, 0.29) is 0 Å². The van der Waals surface area contributed by atoms with Gasteiger partial charge < -0.3 is 15.2 Å². The molecule has 6 nitrogen and oxygen atoms in total. The number of methoxy groups -OCH3 is 1. The molecule has 0 radical (unpaired) electrons. The van der Waals surface area contributed by atoms with Crippen molar-refractivity contribution in [2.45, 2.75) is 32.4 Å². The molecule has 0 aliphatic heterocycles. The van der Waals surface area contributed by atoms with E-state index >= 15 is 0 Å². The molecule has 0 aromatic carbocycles. The van der Waals surface area contributed by atoms with Gasteiger partial charge in [-0.05, 0) is 20.8 Å². The number of rotatable bonds is 5. The van der Waals surface area contributed by atoms with Crippen LogP contribution in [0, 0.1) is 0 Å². The number of carbonyl (C=O) groups excluding carboxylic acids is 2. The van der Waals surface area contributed by atoms with E-state index in [1.54, 1.807) is 20.8 Å². The third-order valence-corrected chi connectivity index (χ3v) is 1.57. The number of esters is 2. The maximum Gasteiger partial charge on any atom is 0.335 e. The number of nitrogens with one attached hydrogen (secondary N) is 1. The Morgan fingerprint density at radius 1 is 1.31 bits per heavy atom. The number of hydrogen-bond acceptors (Lipinski definition) is 6. The molecule has 0 saturated carbocycles. The molecule has 3 N–H and O–H groups in total. The Balaban J connectivity index is 4.50. The monoisotopic (exact) mass is 232 g/mol. The highest BCUT2D eigenvalue weighted by atomic mass is 16.6. The van der Waals surface area contributed by atoms with Crippen molar-refractivity contribution < 1.29 is 19.1 Å². The number of hydrogen-bond donors (Lipinski definition) is 2. The van der Waals surface area contributed by atoms with Crippen LogP contribution in [0.4, 0.5) is 0 Å². The lowest BCUT2D eigenvalue weighted by molar-refractivity contribution is -0.164. The van der Waals surface area contributed by atoms with Crippen molar-refractivity contribution in [1.82, 2.24) is 5.32 Å². The van der Waals surface area contributed by atoms with Gasteiger partial charge in [0, 0.05) is 13.1 Å². The van der Waals surface area contributed by atoms with Crippen LogP contribution in [0.2, 0.25) is 0 Å². The van der Waals surface area contributed by atoms with E-state index in [0.717, 1.165) is 0 Å². The first-order chi connectivity index (χ1) is 7.31. The van der Waals surface area contributed by atoms with Crippen LogP contribution in [-0.4, -0.2) is 43.8 Å². The maximum atomic E-state index is 11.6. The molecule has 0 bridgehead atoms. The molecule has 0 aliphatic carbocycles. The predicted octanol–water partition coefficient (Wildman–Crippen LogP) is -0.582. The lowest BCUT2D eigenvalue weighted by atomic mass is 10.2. The second-order valence-corrected chi connectivity index (χ2v) is 4.23. The summed E-state index contributed by atoms with van der Waals surface area (Å²) in [5.41, 5.74) is 4.63. The lowest BCUT2D eigenvalue weighted by Crippen LogP contribution is -2.48. The van der Waals surface area contributed by atoms with Crippen LogP contribution in [0.5, 0.6) is 0 Å². The number of carbonyl (C=O) groups is 2. The molecule has 6 heteroatoms. The lowest BCUT2D eigenvalue weighted by Gasteiger charge is -2.23. The van der Waals surface area contributed by atoms with Crippen LogP contribution in [0.15, 0.2) is 0 Å². The Kier molecular flexibility index (Phi) is 5.98. The maximum absolute atomic E-state index is 11.6. The smallest absolute Gasteiger partial charge is 0.335 e. The fourth-order valence-corrected chi connectivity index (χ4v) is 0.969. The molecule has 0 aromatic heterocycles. The second-order valence-electron chi connectivity index (χ2n) is 4.23. The van der Waals surface area contributed by atoms with Crippen molar-refractivity contribution in [3.63, 3.8) is 0 Å². The molecule has 0 spiro atoms. The summed E-state index contributed by atoms with van der Waals surface area (Å²) < 4.78 is 9.58. The summed E-state index contributed by atoms with van der Waals surface area (Å²) in [5, 5.41) is 2.67. The molecule has 0 fully saturated rings. The molecule has 0 amide bonds. The van der Waals surface area contributed by atoms with Gasteiger partial charge in [0.2, 0.25) is 6.04 Å². The SMILES string of the molecule is COC(=O)C(NCCN)C(=O)OC(C)(C)C. The molecule has 0 heterocycles. The zero-order chi connectivity index (χ0) is 12.8. The third-order valence-electron chi connectivity index (χ3n) is 1.57. The minimum Gasteiger partial charge on any atom is -0.467 e. The molecular weight excluding hydrogens is 212 g/mol. The summed E-state index contributed by atoms with van der Waals surface area (Å²) in [4.78, 5) is 23.0. The average Bonchev–Trinajstić information content (AvgIpc) is 2.15. The van der Waals surface area contributed by atoms with Gasteiger partial charge in [0.1, 0.15) is 5.60 Å². The molecule has 0 rings (SSSR count). The van der Waals surface area contributed by atoms with Gasteiger partial charge in [0.15, 0.2) is 0 Å². The summed E-state index contributed by atoms with van der Waals surface area (Å²) in [5.74, 6) is -1.34. The van der Waals surface area contributed by atoms with Gasteiger partial charge >= 0.3 is 11.9 Å².